The van der Waals surface area contributed by atoms with Gasteiger partial charge in [0.05, 0.1) is 12.0 Å². The molecule has 1 amide bonds. The number of nitrogens with two attached hydrogens (primary N) is 1. The quantitative estimate of drug-likeness (QED) is 0.605. The van der Waals surface area contributed by atoms with Crippen LogP contribution in [0.1, 0.15) is 22.7 Å². The number of para-hydroxylation sites is 1. The van der Waals surface area contributed by atoms with Crippen molar-refractivity contribution in [2.24, 2.45) is 11.7 Å². The third-order valence-electron chi connectivity index (χ3n) is 5.97. The highest BCUT2D eigenvalue weighted by molar-refractivity contribution is 6.10. The first-order valence-corrected chi connectivity index (χ1v) is 9.13. The summed E-state index contributed by atoms with van der Waals surface area (Å²) in [4.78, 5) is 13.4. The molecule has 7 heteroatoms. The Kier molecular flexibility index (Phi) is 3.50. The van der Waals surface area contributed by atoms with E-state index in [1.165, 1.54) is 0 Å². The molecule has 0 bridgehead atoms. The van der Waals surface area contributed by atoms with Crippen LogP contribution in [0.5, 0.6) is 0 Å². The smallest absolute Gasteiger partial charge is 0.241 e. The zero-order valence-electron chi connectivity index (χ0n) is 15.2. The van der Waals surface area contributed by atoms with Crippen LogP contribution in [0.15, 0.2) is 60.0 Å². The molecule has 5 rings (SSSR count). The lowest BCUT2D eigenvalue weighted by Gasteiger charge is -2.42. The van der Waals surface area contributed by atoms with Gasteiger partial charge in [-0.1, -0.05) is 48.0 Å². The molecule has 3 aliphatic heterocycles. The summed E-state index contributed by atoms with van der Waals surface area (Å²) in [5.74, 6) is -0.677. The number of nitriles is 1. The van der Waals surface area contributed by atoms with Gasteiger partial charge >= 0.3 is 0 Å². The Morgan fingerprint density at radius 2 is 1.89 bits per heavy atom. The van der Waals surface area contributed by atoms with Crippen molar-refractivity contribution in [1.82, 2.24) is 10.9 Å². The van der Waals surface area contributed by atoms with E-state index >= 15 is 0 Å². The van der Waals surface area contributed by atoms with E-state index in [1.54, 1.807) is 0 Å². The van der Waals surface area contributed by atoms with Crippen molar-refractivity contribution in [2.45, 2.75) is 24.6 Å². The summed E-state index contributed by atoms with van der Waals surface area (Å²) < 4.78 is 5.82. The Hall–Kier alpha value is -3.34. The van der Waals surface area contributed by atoms with Gasteiger partial charge in [-0.3, -0.25) is 4.79 Å². The molecule has 5 N–H and O–H groups in total. The van der Waals surface area contributed by atoms with Crippen LogP contribution in [0.4, 0.5) is 5.69 Å². The van der Waals surface area contributed by atoms with Crippen LogP contribution in [0, 0.1) is 24.2 Å². The van der Waals surface area contributed by atoms with E-state index in [-0.39, 0.29) is 23.4 Å². The summed E-state index contributed by atoms with van der Waals surface area (Å²) in [6, 6.07) is 17.5. The number of ether oxygens (including phenoxy) is 1. The predicted octanol–water partition coefficient (Wildman–Crippen LogP) is 1.70. The maximum Gasteiger partial charge on any atom is 0.241 e. The van der Waals surface area contributed by atoms with Crippen LogP contribution in [-0.4, -0.2) is 12.1 Å². The number of anilines is 1. The van der Waals surface area contributed by atoms with E-state index in [4.69, 9.17) is 10.5 Å². The van der Waals surface area contributed by atoms with Crippen molar-refractivity contribution in [3.63, 3.8) is 0 Å². The number of nitrogens with one attached hydrogen (secondary N) is 3. The van der Waals surface area contributed by atoms with Gasteiger partial charge < -0.3 is 15.8 Å². The molecule has 0 aliphatic carbocycles. The summed E-state index contributed by atoms with van der Waals surface area (Å²) in [6.45, 7) is 2.02. The van der Waals surface area contributed by atoms with Gasteiger partial charge in [0.15, 0.2) is 6.23 Å². The van der Waals surface area contributed by atoms with Gasteiger partial charge in [0.1, 0.15) is 17.1 Å². The molecule has 1 spiro atoms. The van der Waals surface area contributed by atoms with Gasteiger partial charge in [0.2, 0.25) is 11.8 Å². The number of carbonyl (C=O) groups excluding carboxylic acids is 1. The average molecular weight is 373 g/mol. The first kappa shape index (κ1) is 16.8. The second-order valence-corrected chi connectivity index (χ2v) is 7.40. The van der Waals surface area contributed by atoms with Crippen LogP contribution >= 0.6 is 0 Å². The van der Waals surface area contributed by atoms with Crippen LogP contribution < -0.4 is 21.9 Å². The van der Waals surface area contributed by atoms with Crippen molar-refractivity contribution in [3.8, 4) is 6.07 Å². The van der Waals surface area contributed by atoms with Gasteiger partial charge in [-0.25, -0.2) is 10.9 Å². The molecule has 0 saturated carbocycles. The van der Waals surface area contributed by atoms with Crippen LogP contribution in [-0.2, 0) is 14.9 Å². The Labute approximate surface area is 162 Å². The van der Waals surface area contributed by atoms with E-state index in [0.29, 0.717) is 5.69 Å². The summed E-state index contributed by atoms with van der Waals surface area (Å²) >= 11 is 0. The second-order valence-electron chi connectivity index (χ2n) is 7.40. The molecular formula is C21H19N5O2. The van der Waals surface area contributed by atoms with E-state index in [0.717, 1.165) is 16.7 Å². The zero-order valence-corrected chi connectivity index (χ0v) is 15.2. The molecular weight excluding hydrogens is 354 g/mol. The summed E-state index contributed by atoms with van der Waals surface area (Å²) in [7, 11) is 0. The SMILES string of the molecule is Cc1ccc(C2NNC3OC(N)=C(C#N)C4(C(=O)Nc5ccccc54)C32)cc1. The van der Waals surface area contributed by atoms with Crippen LogP contribution in [0.2, 0.25) is 0 Å². The number of hydrogen-bond donors (Lipinski definition) is 4. The van der Waals surface area contributed by atoms with E-state index in [2.05, 4.69) is 22.2 Å². The van der Waals surface area contributed by atoms with E-state index < -0.39 is 17.6 Å². The normalized spacial score (nSPS) is 30.4. The number of fused-ring (bicyclic) bond motifs is 4. The number of hydrogen-bond acceptors (Lipinski definition) is 6. The van der Waals surface area contributed by atoms with Gasteiger partial charge in [-0.2, -0.15) is 5.26 Å². The standard InChI is InChI=1S/C21H19N5O2/c1-11-6-8-12(9-7-11)17-16-19(26-25-17)28-18(23)14(10-22)21(16)13-4-2-3-5-15(13)24-20(21)27/h2-9,16-17,19,25-26H,23H2,1H3,(H,24,27). The number of benzene rings is 2. The van der Waals surface area contributed by atoms with Crippen molar-refractivity contribution < 1.29 is 9.53 Å². The molecule has 1 fully saturated rings. The largest absolute Gasteiger partial charge is 0.458 e. The summed E-state index contributed by atoms with van der Waals surface area (Å²) in [5.41, 5.74) is 15.0. The third-order valence-corrected chi connectivity index (χ3v) is 5.97. The van der Waals surface area contributed by atoms with Crippen molar-refractivity contribution >= 4 is 11.6 Å². The number of carbonyl (C=O) groups is 1. The summed E-state index contributed by atoms with van der Waals surface area (Å²) in [5, 5.41) is 12.9. The van der Waals surface area contributed by atoms with Crippen molar-refractivity contribution in [3.05, 3.63) is 76.7 Å². The highest BCUT2D eigenvalue weighted by Gasteiger charge is 2.65. The number of amides is 1. The topological polar surface area (TPSA) is 112 Å². The highest BCUT2D eigenvalue weighted by Crippen LogP contribution is 2.56. The molecule has 0 radical (unpaired) electrons. The molecule has 3 heterocycles. The number of hydrazine groups is 1. The lowest BCUT2D eigenvalue weighted by Crippen LogP contribution is -2.54. The molecule has 28 heavy (non-hydrogen) atoms. The molecule has 3 aliphatic rings. The van der Waals surface area contributed by atoms with Gasteiger partial charge in [-0.05, 0) is 24.1 Å². The predicted molar refractivity (Wildman–Crippen MR) is 102 cm³/mol. The minimum absolute atomic E-state index is 0.0190. The lowest BCUT2D eigenvalue weighted by molar-refractivity contribution is -0.124. The van der Waals surface area contributed by atoms with Crippen molar-refractivity contribution in [1.29, 1.82) is 5.26 Å². The molecule has 4 atom stereocenters. The molecule has 140 valence electrons. The number of rotatable bonds is 1. The third kappa shape index (κ3) is 2.01. The number of nitrogens with zero attached hydrogens (tertiary/aromatic N) is 1. The molecule has 0 aromatic heterocycles. The minimum atomic E-state index is -1.23. The first-order chi connectivity index (χ1) is 13.6. The van der Waals surface area contributed by atoms with E-state index in [9.17, 15) is 10.1 Å². The fourth-order valence-electron chi connectivity index (χ4n) is 4.73. The van der Waals surface area contributed by atoms with Crippen molar-refractivity contribution in [2.75, 3.05) is 5.32 Å². The Morgan fingerprint density at radius 3 is 2.64 bits per heavy atom. The fraction of sp³-hybridized carbons (Fsp3) is 0.238. The van der Waals surface area contributed by atoms with Crippen LogP contribution in [0.3, 0.4) is 0 Å². The van der Waals surface area contributed by atoms with Crippen LogP contribution in [0.25, 0.3) is 0 Å². The maximum absolute atomic E-state index is 13.4. The van der Waals surface area contributed by atoms with Gasteiger partial charge in [0.25, 0.3) is 0 Å². The molecule has 4 unspecified atom stereocenters. The van der Waals surface area contributed by atoms with Gasteiger partial charge in [-0.15, -0.1) is 0 Å². The molecule has 7 nitrogen and oxygen atoms in total. The highest BCUT2D eigenvalue weighted by atomic mass is 16.5. The van der Waals surface area contributed by atoms with Gasteiger partial charge in [0, 0.05) is 5.69 Å². The monoisotopic (exact) mass is 373 g/mol. The number of aryl methyl sites for hydroxylation is 1. The molecule has 2 aromatic rings. The summed E-state index contributed by atoms with van der Waals surface area (Å²) in [6.07, 6.45) is -0.555. The maximum atomic E-state index is 13.4. The minimum Gasteiger partial charge on any atom is -0.458 e. The fourth-order valence-corrected chi connectivity index (χ4v) is 4.73. The molecule has 2 aromatic carbocycles. The Balaban J connectivity index is 1.77. The lowest BCUT2D eigenvalue weighted by atomic mass is 9.62. The zero-order chi connectivity index (χ0) is 19.5. The second kappa shape index (κ2) is 5.83. The average Bonchev–Trinajstić information content (AvgIpc) is 3.23. The first-order valence-electron chi connectivity index (χ1n) is 9.13. The van der Waals surface area contributed by atoms with E-state index in [1.807, 2.05) is 55.5 Å². The molecule has 1 saturated heterocycles. The Bertz CT molecular complexity index is 1060. The Morgan fingerprint density at radius 1 is 1.14 bits per heavy atom.